The average Bonchev–Trinajstić information content (AvgIpc) is 2.87. The molecule has 0 fully saturated rings. The molecule has 4 N–H and O–H groups in total. The number of carbonyl (C=O) groups is 1. The van der Waals surface area contributed by atoms with E-state index in [1.807, 2.05) is 0 Å². The first kappa shape index (κ1) is 10.4. The molecule has 0 aromatic carbocycles. The van der Waals surface area contributed by atoms with E-state index in [0.717, 1.165) is 11.3 Å². The van der Waals surface area contributed by atoms with Crippen molar-refractivity contribution >= 4 is 22.4 Å². The lowest BCUT2D eigenvalue weighted by atomic mass is 10.3. The van der Waals surface area contributed by atoms with E-state index in [0.29, 0.717) is 5.82 Å². The van der Waals surface area contributed by atoms with E-state index in [1.54, 1.807) is 6.92 Å². The van der Waals surface area contributed by atoms with Gasteiger partial charge in [0.15, 0.2) is 5.82 Å². The van der Waals surface area contributed by atoms with Gasteiger partial charge in [-0.15, -0.1) is 20.4 Å². The van der Waals surface area contributed by atoms with Crippen LogP contribution in [0.1, 0.15) is 28.6 Å². The van der Waals surface area contributed by atoms with Crippen LogP contribution in [-0.4, -0.2) is 36.7 Å². The lowest BCUT2D eigenvalue weighted by molar-refractivity contribution is 0.0937. The number of anilines is 1. The summed E-state index contributed by atoms with van der Waals surface area (Å²) in [6.45, 7) is 1.73. The van der Waals surface area contributed by atoms with Gasteiger partial charge >= 0.3 is 0 Å². The van der Waals surface area contributed by atoms with Crippen LogP contribution in [0, 0.1) is 0 Å². The fourth-order valence-corrected chi connectivity index (χ4v) is 1.52. The number of carbonyl (C=O) groups excluding carboxylic acids is 1. The quantitative estimate of drug-likeness (QED) is 0.634. The van der Waals surface area contributed by atoms with Crippen LogP contribution in [0.2, 0.25) is 0 Å². The van der Waals surface area contributed by atoms with Crippen molar-refractivity contribution in [3.05, 3.63) is 10.8 Å². The van der Waals surface area contributed by atoms with Crippen molar-refractivity contribution in [1.29, 1.82) is 0 Å². The zero-order valence-electron chi connectivity index (χ0n) is 8.21. The molecule has 1 unspecified atom stereocenters. The molecule has 0 radical (unpaired) electrons. The van der Waals surface area contributed by atoms with Gasteiger partial charge in [0.25, 0.3) is 5.91 Å². The second kappa shape index (κ2) is 4.18. The van der Waals surface area contributed by atoms with Crippen molar-refractivity contribution < 1.29 is 4.79 Å². The van der Waals surface area contributed by atoms with Crippen LogP contribution in [0.15, 0.2) is 0 Å². The summed E-state index contributed by atoms with van der Waals surface area (Å²) in [5.74, 6) is 0.0253. The van der Waals surface area contributed by atoms with Crippen LogP contribution in [0.5, 0.6) is 0 Å². The molecule has 0 aliphatic rings. The number of nitrogen functional groups attached to an aromatic ring is 1. The summed E-state index contributed by atoms with van der Waals surface area (Å²) in [5, 5.41) is 23.4. The fraction of sp³-hybridized carbons (Fsp3) is 0.333. The number of nitrogens with zero attached hydrogens (tertiary/aromatic N) is 5. The Kier molecular flexibility index (Phi) is 2.72. The molecule has 0 saturated heterocycles. The van der Waals surface area contributed by atoms with E-state index in [-0.39, 0.29) is 22.1 Å². The second-order valence-electron chi connectivity index (χ2n) is 2.91. The molecule has 0 saturated carbocycles. The predicted octanol–water partition coefficient (Wildman–Crippen LogP) is -0.876. The number of hydrogen-bond donors (Lipinski definition) is 3. The molecule has 84 valence electrons. The van der Waals surface area contributed by atoms with Gasteiger partial charge in [0.05, 0.1) is 6.04 Å². The van der Waals surface area contributed by atoms with Gasteiger partial charge in [-0.05, 0) is 6.92 Å². The normalized spacial score (nSPS) is 12.3. The van der Waals surface area contributed by atoms with Crippen molar-refractivity contribution in [2.45, 2.75) is 13.0 Å². The van der Waals surface area contributed by atoms with Gasteiger partial charge in [0.1, 0.15) is 0 Å². The molecule has 10 heteroatoms. The molecule has 2 aromatic rings. The Morgan fingerprint density at radius 3 is 2.88 bits per heavy atom. The van der Waals surface area contributed by atoms with Crippen LogP contribution in [0.4, 0.5) is 5.13 Å². The lowest BCUT2D eigenvalue weighted by Crippen LogP contribution is -2.27. The Balaban J connectivity index is 2.03. The highest BCUT2D eigenvalue weighted by Gasteiger charge is 2.17. The highest BCUT2D eigenvalue weighted by molar-refractivity contribution is 7.16. The number of rotatable bonds is 3. The number of nitrogens with one attached hydrogen (secondary N) is 2. The lowest BCUT2D eigenvalue weighted by Gasteiger charge is -2.07. The van der Waals surface area contributed by atoms with Gasteiger partial charge in [0.2, 0.25) is 10.1 Å². The Bertz CT molecular complexity index is 478. The highest BCUT2D eigenvalue weighted by Crippen LogP contribution is 2.12. The Labute approximate surface area is 93.5 Å². The molecule has 1 atom stereocenters. The van der Waals surface area contributed by atoms with Crippen LogP contribution in [-0.2, 0) is 0 Å². The molecule has 2 aromatic heterocycles. The molecule has 0 aliphatic heterocycles. The number of aromatic nitrogens is 6. The highest BCUT2D eigenvalue weighted by atomic mass is 32.1. The van der Waals surface area contributed by atoms with Crippen molar-refractivity contribution in [3.8, 4) is 0 Å². The maximum atomic E-state index is 11.6. The maximum absolute atomic E-state index is 11.6. The monoisotopic (exact) mass is 240 g/mol. The first-order chi connectivity index (χ1) is 7.66. The Morgan fingerprint density at radius 1 is 1.50 bits per heavy atom. The Hall–Kier alpha value is -2.10. The zero-order chi connectivity index (χ0) is 11.5. The molecule has 1 amide bonds. The zero-order valence-corrected chi connectivity index (χ0v) is 9.02. The van der Waals surface area contributed by atoms with Gasteiger partial charge < -0.3 is 11.1 Å². The van der Waals surface area contributed by atoms with Gasteiger partial charge in [-0.2, -0.15) is 5.21 Å². The number of nitrogens with two attached hydrogens (primary N) is 1. The molecule has 0 bridgehead atoms. The van der Waals surface area contributed by atoms with E-state index < -0.39 is 0 Å². The third-order valence-electron chi connectivity index (χ3n) is 1.73. The van der Waals surface area contributed by atoms with Gasteiger partial charge in [0, 0.05) is 0 Å². The molecule has 16 heavy (non-hydrogen) atoms. The molecule has 2 rings (SSSR count). The van der Waals surface area contributed by atoms with Gasteiger partial charge in [-0.1, -0.05) is 16.6 Å². The summed E-state index contributed by atoms with van der Waals surface area (Å²) >= 11 is 1.01. The van der Waals surface area contributed by atoms with E-state index in [2.05, 4.69) is 36.1 Å². The molecular formula is C6H8N8OS. The first-order valence-corrected chi connectivity index (χ1v) is 5.11. The molecule has 2 heterocycles. The molecular weight excluding hydrogens is 232 g/mol. The minimum Gasteiger partial charge on any atom is -0.374 e. The fourth-order valence-electron chi connectivity index (χ4n) is 1.00. The largest absolute Gasteiger partial charge is 0.374 e. The van der Waals surface area contributed by atoms with Crippen molar-refractivity contribution in [2.75, 3.05) is 5.73 Å². The van der Waals surface area contributed by atoms with Crippen LogP contribution >= 0.6 is 11.3 Å². The minimum atomic E-state index is -0.369. The van der Waals surface area contributed by atoms with Crippen LogP contribution in [0.3, 0.4) is 0 Å². The van der Waals surface area contributed by atoms with E-state index in [1.165, 1.54) is 0 Å². The number of amides is 1. The topological polar surface area (TPSA) is 135 Å². The third kappa shape index (κ3) is 2.11. The van der Waals surface area contributed by atoms with E-state index >= 15 is 0 Å². The average molecular weight is 240 g/mol. The second-order valence-corrected chi connectivity index (χ2v) is 3.92. The SMILES string of the molecule is CC(NC(=O)c1nnc(N)s1)c1nn[nH]n1. The molecule has 0 spiro atoms. The van der Waals surface area contributed by atoms with Crippen molar-refractivity contribution in [3.63, 3.8) is 0 Å². The Morgan fingerprint density at radius 2 is 2.31 bits per heavy atom. The maximum Gasteiger partial charge on any atom is 0.282 e. The van der Waals surface area contributed by atoms with E-state index in [4.69, 9.17) is 5.73 Å². The summed E-state index contributed by atoms with van der Waals surface area (Å²) in [5.41, 5.74) is 5.37. The minimum absolute atomic E-state index is 0.202. The first-order valence-electron chi connectivity index (χ1n) is 4.30. The van der Waals surface area contributed by atoms with Crippen LogP contribution in [0.25, 0.3) is 0 Å². The summed E-state index contributed by atoms with van der Waals surface area (Å²) in [6.07, 6.45) is 0. The predicted molar refractivity (Wildman–Crippen MR) is 54.4 cm³/mol. The summed E-state index contributed by atoms with van der Waals surface area (Å²) in [7, 11) is 0. The summed E-state index contributed by atoms with van der Waals surface area (Å²) in [4.78, 5) is 11.6. The number of tetrazole rings is 1. The molecule has 9 nitrogen and oxygen atoms in total. The van der Waals surface area contributed by atoms with Crippen LogP contribution < -0.4 is 11.1 Å². The van der Waals surface area contributed by atoms with E-state index in [9.17, 15) is 4.79 Å². The third-order valence-corrected chi connectivity index (χ3v) is 2.48. The van der Waals surface area contributed by atoms with Crippen molar-refractivity contribution in [1.82, 2.24) is 36.1 Å². The number of aromatic amines is 1. The standard InChI is InChI=1S/C6H8N8OS/c1-2(3-9-13-14-10-3)8-4(15)5-11-12-6(7)16-5/h2H,1H3,(H2,7,12)(H,8,15)(H,9,10,13,14). The van der Waals surface area contributed by atoms with Gasteiger partial charge in [-0.3, -0.25) is 4.79 Å². The smallest absolute Gasteiger partial charge is 0.282 e. The number of hydrogen-bond acceptors (Lipinski definition) is 8. The molecule has 0 aliphatic carbocycles. The summed E-state index contributed by atoms with van der Waals surface area (Å²) < 4.78 is 0. The van der Waals surface area contributed by atoms with Gasteiger partial charge in [-0.25, -0.2) is 0 Å². The number of H-pyrrole nitrogens is 1. The van der Waals surface area contributed by atoms with Crippen molar-refractivity contribution in [2.24, 2.45) is 0 Å². The summed E-state index contributed by atoms with van der Waals surface area (Å²) in [6, 6.07) is -0.364.